The van der Waals surface area contributed by atoms with E-state index in [4.69, 9.17) is 0 Å². The number of amides is 2. The Balaban J connectivity index is 1.65. The molecule has 0 saturated heterocycles. The van der Waals surface area contributed by atoms with Crippen molar-refractivity contribution < 1.29 is 14.0 Å². The summed E-state index contributed by atoms with van der Waals surface area (Å²) in [5.74, 6) is -0.413. The number of aromatic nitrogens is 2. The van der Waals surface area contributed by atoms with Gasteiger partial charge in [0.15, 0.2) is 0 Å². The largest absolute Gasteiger partial charge is 0.330 e. The highest BCUT2D eigenvalue weighted by Crippen LogP contribution is 2.28. The molecule has 31 heavy (non-hydrogen) atoms. The molecule has 0 radical (unpaired) electrons. The van der Waals surface area contributed by atoms with Gasteiger partial charge in [0, 0.05) is 24.2 Å². The highest BCUT2D eigenvalue weighted by molar-refractivity contribution is 5.94. The molecule has 2 amide bonds. The molecule has 7 heteroatoms. The minimum atomic E-state index is -0.335. The second kappa shape index (κ2) is 8.71. The molecule has 2 aromatic carbocycles. The summed E-state index contributed by atoms with van der Waals surface area (Å²) in [6.45, 7) is 3.47. The predicted octanol–water partition coefficient (Wildman–Crippen LogP) is 4.33. The number of nitrogens with one attached hydrogen (secondary N) is 1. The van der Waals surface area contributed by atoms with Gasteiger partial charge in [-0.15, -0.1) is 0 Å². The van der Waals surface area contributed by atoms with Crippen LogP contribution in [0.3, 0.4) is 0 Å². The van der Waals surface area contributed by atoms with Crippen molar-refractivity contribution in [2.75, 3.05) is 11.9 Å². The van der Waals surface area contributed by atoms with Crippen LogP contribution in [0.2, 0.25) is 0 Å². The Morgan fingerprint density at radius 1 is 1.19 bits per heavy atom. The maximum atomic E-state index is 14.2. The van der Waals surface area contributed by atoms with E-state index in [2.05, 4.69) is 10.3 Å². The van der Waals surface area contributed by atoms with Gasteiger partial charge in [0.25, 0.3) is 0 Å². The summed E-state index contributed by atoms with van der Waals surface area (Å²) in [5.41, 5.74) is 2.62. The van der Waals surface area contributed by atoms with E-state index >= 15 is 0 Å². The number of benzene rings is 2. The number of carbonyl (C=O) groups excluding carboxylic acids is 2. The number of rotatable bonds is 7. The van der Waals surface area contributed by atoms with Gasteiger partial charge in [0.1, 0.15) is 12.4 Å². The van der Waals surface area contributed by atoms with Gasteiger partial charge in [-0.25, -0.2) is 9.37 Å². The van der Waals surface area contributed by atoms with Gasteiger partial charge < -0.3 is 4.90 Å². The molecule has 6 nitrogen and oxygen atoms in total. The number of hydrogen-bond donors (Lipinski definition) is 1. The van der Waals surface area contributed by atoms with Crippen LogP contribution in [0, 0.1) is 12.7 Å². The van der Waals surface area contributed by atoms with Crippen molar-refractivity contribution in [2.24, 2.45) is 0 Å². The van der Waals surface area contributed by atoms with Crippen molar-refractivity contribution in [1.29, 1.82) is 0 Å². The smallest absolute Gasteiger partial charge is 0.246 e. The summed E-state index contributed by atoms with van der Waals surface area (Å²) < 4.78 is 15.9. The van der Waals surface area contributed by atoms with Crippen LogP contribution in [0.25, 0.3) is 16.9 Å². The van der Waals surface area contributed by atoms with E-state index in [1.807, 2.05) is 30.3 Å². The first-order valence-electron chi connectivity index (χ1n) is 10.5. The number of nitrogens with zero attached hydrogens (tertiary/aromatic N) is 3. The van der Waals surface area contributed by atoms with Gasteiger partial charge in [-0.05, 0) is 37.5 Å². The second-order valence-corrected chi connectivity index (χ2v) is 7.77. The minimum Gasteiger partial charge on any atom is -0.330 e. The molecule has 0 bridgehead atoms. The first kappa shape index (κ1) is 20.8. The van der Waals surface area contributed by atoms with E-state index in [0.717, 1.165) is 18.4 Å². The molecule has 1 aliphatic rings. The third-order valence-corrected chi connectivity index (χ3v) is 5.38. The minimum absolute atomic E-state index is 0.0207. The van der Waals surface area contributed by atoms with Gasteiger partial charge in [-0.1, -0.05) is 43.3 Å². The van der Waals surface area contributed by atoms with Crippen LogP contribution >= 0.6 is 0 Å². The SMILES string of the molecule is CCC(=O)N(CC(=O)Nc1nc(-c2ccccc2)cn1-c1ccc(C)c(F)c1)C1CC1. The number of aryl methyl sites for hydroxylation is 1. The Morgan fingerprint density at radius 3 is 2.58 bits per heavy atom. The number of hydrogen-bond acceptors (Lipinski definition) is 3. The lowest BCUT2D eigenvalue weighted by atomic mass is 10.2. The summed E-state index contributed by atoms with van der Waals surface area (Å²) >= 11 is 0. The lowest BCUT2D eigenvalue weighted by molar-refractivity contribution is -0.135. The molecule has 1 fully saturated rings. The van der Waals surface area contributed by atoms with Crippen LogP contribution in [-0.2, 0) is 9.59 Å². The summed E-state index contributed by atoms with van der Waals surface area (Å²) in [5, 5.41) is 2.82. The Bertz CT molecular complexity index is 1110. The van der Waals surface area contributed by atoms with Crippen molar-refractivity contribution in [3.8, 4) is 16.9 Å². The fourth-order valence-electron chi connectivity index (χ4n) is 3.47. The average Bonchev–Trinajstić information content (AvgIpc) is 3.54. The summed E-state index contributed by atoms with van der Waals surface area (Å²) in [6, 6.07) is 14.6. The van der Waals surface area contributed by atoms with Gasteiger partial charge in [-0.2, -0.15) is 0 Å². The molecule has 1 aliphatic carbocycles. The van der Waals surface area contributed by atoms with Crippen molar-refractivity contribution in [3.63, 3.8) is 0 Å². The molecule has 0 unspecified atom stereocenters. The Kier molecular flexibility index (Phi) is 5.84. The molecule has 160 valence electrons. The quantitative estimate of drug-likeness (QED) is 0.619. The second-order valence-electron chi connectivity index (χ2n) is 7.77. The van der Waals surface area contributed by atoms with Gasteiger partial charge in [-0.3, -0.25) is 19.5 Å². The molecular weight excluding hydrogens is 395 g/mol. The molecule has 1 saturated carbocycles. The third kappa shape index (κ3) is 4.66. The molecule has 0 atom stereocenters. The van der Waals surface area contributed by atoms with E-state index < -0.39 is 0 Å². The first-order valence-corrected chi connectivity index (χ1v) is 10.5. The maximum Gasteiger partial charge on any atom is 0.246 e. The van der Waals surface area contributed by atoms with E-state index in [-0.39, 0.29) is 36.2 Å². The zero-order valence-electron chi connectivity index (χ0n) is 17.6. The lowest BCUT2D eigenvalue weighted by Gasteiger charge is -2.21. The fourth-order valence-corrected chi connectivity index (χ4v) is 3.47. The topological polar surface area (TPSA) is 67.2 Å². The van der Waals surface area contributed by atoms with Crippen molar-refractivity contribution in [3.05, 3.63) is 66.1 Å². The van der Waals surface area contributed by atoms with E-state index in [1.54, 1.807) is 41.6 Å². The molecule has 1 aromatic heterocycles. The monoisotopic (exact) mass is 420 g/mol. The van der Waals surface area contributed by atoms with Crippen LogP contribution in [-0.4, -0.2) is 38.9 Å². The number of halogens is 1. The van der Waals surface area contributed by atoms with E-state index in [0.29, 0.717) is 23.4 Å². The molecule has 0 aliphatic heterocycles. The molecule has 1 heterocycles. The van der Waals surface area contributed by atoms with E-state index in [9.17, 15) is 14.0 Å². The van der Waals surface area contributed by atoms with Crippen molar-refractivity contribution >= 4 is 17.8 Å². The molecule has 4 rings (SSSR count). The van der Waals surface area contributed by atoms with Crippen molar-refractivity contribution in [1.82, 2.24) is 14.5 Å². The first-order chi connectivity index (χ1) is 15.0. The van der Waals surface area contributed by atoms with Crippen LogP contribution in [0.15, 0.2) is 54.7 Å². The number of carbonyl (C=O) groups is 2. The summed E-state index contributed by atoms with van der Waals surface area (Å²) in [6.07, 6.45) is 3.98. The number of anilines is 1. The number of imidazole rings is 1. The highest BCUT2D eigenvalue weighted by atomic mass is 19.1. The summed E-state index contributed by atoms with van der Waals surface area (Å²) in [4.78, 5) is 31.2. The zero-order valence-corrected chi connectivity index (χ0v) is 17.6. The van der Waals surface area contributed by atoms with Gasteiger partial charge in [0.05, 0.1) is 11.4 Å². The van der Waals surface area contributed by atoms with Gasteiger partial charge in [0.2, 0.25) is 17.8 Å². The standard InChI is InChI=1S/C24H25FN4O2/c1-3-23(31)28(18-11-12-18)15-22(30)27-24-26-21(17-7-5-4-6-8-17)14-29(24)19-10-9-16(2)20(25)13-19/h4-10,13-14,18H,3,11-12,15H2,1-2H3,(H,26,27,30). The lowest BCUT2D eigenvalue weighted by Crippen LogP contribution is -2.39. The predicted molar refractivity (Wildman–Crippen MR) is 117 cm³/mol. The zero-order chi connectivity index (χ0) is 22.0. The Labute approximate surface area is 180 Å². The van der Waals surface area contributed by atoms with Crippen LogP contribution in [0.1, 0.15) is 31.7 Å². The van der Waals surface area contributed by atoms with Crippen LogP contribution < -0.4 is 5.32 Å². The van der Waals surface area contributed by atoms with Crippen LogP contribution in [0.4, 0.5) is 10.3 Å². The molecular formula is C24H25FN4O2. The van der Waals surface area contributed by atoms with Gasteiger partial charge >= 0.3 is 0 Å². The molecule has 0 spiro atoms. The van der Waals surface area contributed by atoms with Crippen molar-refractivity contribution in [2.45, 2.75) is 39.2 Å². The Hall–Kier alpha value is -3.48. The fraction of sp³-hybridized carbons (Fsp3) is 0.292. The summed E-state index contributed by atoms with van der Waals surface area (Å²) in [7, 11) is 0. The molecule has 1 N–H and O–H groups in total. The average molecular weight is 420 g/mol. The normalized spacial score (nSPS) is 13.1. The third-order valence-electron chi connectivity index (χ3n) is 5.38. The Morgan fingerprint density at radius 2 is 1.94 bits per heavy atom. The maximum absolute atomic E-state index is 14.2. The molecule has 3 aromatic rings. The van der Waals surface area contributed by atoms with Crippen LogP contribution in [0.5, 0.6) is 0 Å². The van der Waals surface area contributed by atoms with E-state index in [1.165, 1.54) is 6.07 Å². The highest BCUT2D eigenvalue weighted by Gasteiger charge is 2.33.